The smallest absolute Gasteiger partial charge is 0.140 e. The van der Waals surface area contributed by atoms with Crippen molar-refractivity contribution in [2.45, 2.75) is 244 Å². The SMILES string of the molecule is CCCCCCCCCCCCCCCCCCC(O)CNc1cccc(O)c1NCC(O)CCCCCCCCCCCCCCCCCC. The van der Waals surface area contributed by atoms with E-state index in [1.807, 2.05) is 12.1 Å². The number of phenolic OH excluding ortho intramolecular Hbond substituents is 1. The van der Waals surface area contributed by atoms with Crippen molar-refractivity contribution in [3.8, 4) is 5.75 Å². The van der Waals surface area contributed by atoms with Crippen molar-refractivity contribution in [3.63, 3.8) is 0 Å². The second-order valence-electron chi connectivity index (χ2n) is 16.0. The highest BCUT2D eigenvalue weighted by Gasteiger charge is 2.12. The first kappa shape index (κ1) is 47.6. The second kappa shape index (κ2) is 36.9. The number of aliphatic hydroxyl groups is 2. The summed E-state index contributed by atoms with van der Waals surface area (Å²) in [5.74, 6) is 0.168. The van der Waals surface area contributed by atoms with Crippen LogP contribution in [0.15, 0.2) is 18.2 Å². The monoisotopic (exact) mass is 717 g/mol. The van der Waals surface area contributed by atoms with Crippen LogP contribution in [0.25, 0.3) is 0 Å². The normalized spacial score (nSPS) is 12.7. The van der Waals surface area contributed by atoms with Gasteiger partial charge >= 0.3 is 0 Å². The van der Waals surface area contributed by atoms with Gasteiger partial charge in [-0.25, -0.2) is 0 Å². The van der Waals surface area contributed by atoms with Gasteiger partial charge in [0.05, 0.1) is 17.9 Å². The minimum atomic E-state index is -0.440. The van der Waals surface area contributed by atoms with Gasteiger partial charge < -0.3 is 26.0 Å². The third kappa shape index (κ3) is 30.7. The molecule has 5 N–H and O–H groups in total. The maximum Gasteiger partial charge on any atom is 0.140 e. The Morgan fingerprint density at radius 2 is 0.706 bits per heavy atom. The molecule has 0 spiro atoms. The van der Waals surface area contributed by atoms with Crippen LogP contribution in [0, 0.1) is 0 Å². The van der Waals surface area contributed by atoms with E-state index >= 15 is 0 Å². The summed E-state index contributed by atoms with van der Waals surface area (Å²) in [5.41, 5.74) is 1.38. The van der Waals surface area contributed by atoms with Crippen LogP contribution >= 0.6 is 0 Å². The molecule has 5 nitrogen and oxygen atoms in total. The third-order valence-electron chi connectivity index (χ3n) is 10.9. The maximum absolute atomic E-state index is 10.6. The topological polar surface area (TPSA) is 84.8 Å². The molecule has 5 heteroatoms. The van der Waals surface area contributed by atoms with Crippen LogP contribution in [0.4, 0.5) is 11.4 Å². The molecule has 0 aliphatic rings. The van der Waals surface area contributed by atoms with E-state index in [1.165, 1.54) is 193 Å². The number of benzene rings is 1. The molecular formula is C46H88N2O3. The number of hydrogen-bond donors (Lipinski definition) is 5. The lowest BCUT2D eigenvalue weighted by molar-refractivity contribution is 0.172. The summed E-state index contributed by atoms with van der Waals surface area (Å²) in [5, 5.41) is 38.3. The number of hydrogen-bond acceptors (Lipinski definition) is 5. The Balaban J connectivity index is 2.02. The first-order valence-corrected chi connectivity index (χ1v) is 22.7. The fourth-order valence-electron chi connectivity index (χ4n) is 7.38. The molecule has 0 saturated heterocycles. The van der Waals surface area contributed by atoms with Crippen LogP contribution in [0.5, 0.6) is 5.75 Å². The number of aliphatic hydroxyl groups excluding tert-OH is 2. The van der Waals surface area contributed by atoms with Crippen LogP contribution in [0.1, 0.15) is 232 Å². The molecular weight excluding hydrogens is 629 g/mol. The van der Waals surface area contributed by atoms with E-state index < -0.39 is 12.2 Å². The molecule has 0 heterocycles. The molecule has 2 atom stereocenters. The molecule has 0 amide bonds. The number of anilines is 2. The van der Waals surface area contributed by atoms with E-state index in [9.17, 15) is 15.3 Å². The van der Waals surface area contributed by atoms with Gasteiger partial charge in [-0.05, 0) is 25.0 Å². The van der Waals surface area contributed by atoms with Crippen molar-refractivity contribution in [1.82, 2.24) is 0 Å². The van der Waals surface area contributed by atoms with Gasteiger partial charge in [-0.15, -0.1) is 0 Å². The Kier molecular flexibility index (Phi) is 34.4. The van der Waals surface area contributed by atoms with Gasteiger partial charge in [0, 0.05) is 13.1 Å². The quantitative estimate of drug-likeness (QED) is 0.0345. The molecule has 1 aromatic rings. The van der Waals surface area contributed by atoms with Crippen molar-refractivity contribution in [2.75, 3.05) is 23.7 Å². The summed E-state index contributed by atoms with van der Waals surface area (Å²) in [4.78, 5) is 0. The third-order valence-corrected chi connectivity index (χ3v) is 10.9. The van der Waals surface area contributed by atoms with Crippen molar-refractivity contribution >= 4 is 11.4 Å². The van der Waals surface area contributed by atoms with Crippen LogP contribution in [0.3, 0.4) is 0 Å². The number of phenols is 1. The zero-order valence-corrected chi connectivity index (χ0v) is 34.2. The van der Waals surface area contributed by atoms with E-state index in [-0.39, 0.29) is 5.75 Å². The summed E-state index contributed by atoms with van der Waals surface area (Å²) < 4.78 is 0. The predicted octanol–water partition coefficient (Wildman–Crippen LogP) is 14.2. The van der Waals surface area contributed by atoms with Crippen LogP contribution in [-0.2, 0) is 0 Å². The second-order valence-corrected chi connectivity index (χ2v) is 16.0. The molecule has 0 fully saturated rings. The highest BCUT2D eigenvalue weighted by atomic mass is 16.3. The first-order chi connectivity index (χ1) is 25.1. The fourth-order valence-corrected chi connectivity index (χ4v) is 7.38. The summed E-state index contributed by atoms with van der Waals surface area (Å²) in [6, 6.07) is 5.41. The first-order valence-electron chi connectivity index (χ1n) is 22.7. The average Bonchev–Trinajstić information content (AvgIpc) is 3.13. The number of aromatic hydroxyl groups is 1. The Morgan fingerprint density at radius 1 is 0.412 bits per heavy atom. The molecule has 0 radical (unpaired) electrons. The fraction of sp³-hybridized carbons (Fsp3) is 0.870. The zero-order chi connectivity index (χ0) is 36.9. The molecule has 1 aromatic carbocycles. The minimum Gasteiger partial charge on any atom is -0.506 e. The lowest BCUT2D eigenvalue weighted by Crippen LogP contribution is -2.22. The van der Waals surface area contributed by atoms with E-state index in [0.29, 0.717) is 18.8 Å². The Morgan fingerprint density at radius 3 is 1.04 bits per heavy atom. The van der Waals surface area contributed by atoms with Gasteiger partial charge in [0.1, 0.15) is 11.4 Å². The van der Waals surface area contributed by atoms with Gasteiger partial charge in [-0.3, -0.25) is 0 Å². The van der Waals surface area contributed by atoms with E-state index in [1.54, 1.807) is 6.07 Å². The highest BCUT2D eigenvalue weighted by Crippen LogP contribution is 2.32. The standard InChI is InChI=1S/C46H88N2O3/c1-3-5-7-9-11-13-15-17-19-21-23-25-27-29-31-33-36-42(49)40-47-44-38-35-39-45(51)46(44)48-41-43(50)37-34-32-30-28-26-24-22-20-18-16-14-12-10-8-6-4-2/h35,38-39,42-43,47-51H,3-34,36-37,40-41H2,1-2H3. The van der Waals surface area contributed by atoms with Gasteiger partial charge in [-0.2, -0.15) is 0 Å². The molecule has 51 heavy (non-hydrogen) atoms. The summed E-state index contributed by atoms with van der Waals surface area (Å²) in [6.07, 6.45) is 44.0. The lowest BCUT2D eigenvalue weighted by Gasteiger charge is -2.19. The van der Waals surface area contributed by atoms with Crippen LogP contribution in [-0.4, -0.2) is 40.6 Å². The van der Waals surface area contributed by atoms with E-state index in [4.69, 9.17) is 0 Å². The van der Waals surface area contributed by atoms with Gasteiger partial charge in [-0.1, -0.05) is 225 Å². The number of unbranched alkanes of at least 4 members (excludes halogenated alkanes) is 30. The summed E-state index contributed by atoms with van der Waals surface area (Å²) in [7, 11) is 0. The van der Waals surface area contributed by atoms with E-state index in [0.717, 1.165) is 31.4 Å². The van der Waals surface area contributed by atoms with Gasteiger partial charge in [0.15, 0.2) is 0 Å². The van der Waals surface area contributed by atoms with Crippen molar-refractivity contribution < 1.29 is 15.3 Å². The number of nitrogens with one attached hydrogen (secondary N) is 2. The van der Waals surface area contributed by atoms with Crippen molar-refractivity contribution in [2.24, 2.45) is 0 Å². The summed E-state index contributed by atoms with van der Waals surface area (Å²) in [6.45, 7) is 5.44. The van der Waals surface area contributed by atoms with E-state index in [2.05, 4.69) is 24.5 Å². The van der Waals surface area contributed by atoms with Crippen molar-refractivity contribution in [3.05, 3.63) is 18.2 Å². The highest BCUT2D eigenvalue weighted by molar-refractivity contribution is 5.75. The van der Waals surface area contributed by atoms with Gasteiger partial charge in [0.25, 0.3) is 0 Å². The molecule has 0 saturated carbocycles. The average molecular weight is 717 g/mol. The minimum absolute atomic E-state index is 0.168. The molecule has 300 valence electrons. The van der Waals surface area contributed by atoms with Gasteiger partial charge in [0.2, 0.25) is 0 Å². The Hall–Kier alpha value is -1.46. The molecule has 0 aliphatic carbocycles. The number of para-hydroxylation sites is 1. The molecule has 0 aromatic heterocycles. The maximum atomic E-state index is 10.6. The Bertz CT molecular complexity index is 850. The predicted molar refractivity (Wildman–Crippen MR) is 225 cm³/mol. The molecule has 2 unspecified atom stereocenters. The molecule has 1 rings (SSSR count). The lowest BCUT2D eigenvalue weighted by atomic mass is 10.0. The van der Waals surface area contributed by atoms with Crippen LogP contribution in [0.2, 0.25) is 0 Å². The Labute approximate surface area is 318 Å². The molecule has 0 aliphatic heterocycles. The largest absolute Gasteiger partial charge is 0.506 e. The molecule has 0 bridgehead atoms. The van der Waals surface area contributed by atoms with Crippen LogP contribution < -0.4 is 10.6 Å². The zero-order valence-electron chi connectivity index (χ0n) is 34.2. The number of rotatable bonds is 40. The summed E-state index contributed by atoms with van der Waals surface area (Å²) >= 11 is 0. The van der Waals surface area contributed by atoms with Crippen molar-refractivity contribution in [1.29, 1.82) is 0 Å².